The lowest BCUT2D eigenvalue weighted by atomic mass is 9.83. The van der Waals surface area contributed by atoms with Gasteiger partial charge in [0.05, 0.1) is 0 Å². The summed E-state index contributed by atoms with van der Waals surface area (Å²) in [5.41, 5.74) is 3.06. The summed E-state index contributed by atoms with van der Waals surface area (Å²) in [6.07, 6.45) is 0. The number of thiophene rings is 1. The van der Waals surface area contributed by atoms with Crippen LogP contribution in [0.1, 0.15) is 37.3 Å². The molecule has 0 saturated carbocycles. The molecule has 1 aromatic carbocycles. The predicted molar refractivity (Wildman–Crippen MR) is 79.2 cm³/mol. The maximum absolute atomic E-state index is 3.60. The molecule has 0 saturated heterocycles. The highest BCUT2D eigenvalue weighted by Gasteiger charge is 2.32. The molecule has 1 nitrogen and oxygen atoms in total. The van der Waals surface area contributed by atoms with Gasteiger partial charge in [-0.1, -0.05) is 44.2 Å². The van der Waals surface area contributed by atoms with Crippen LogP contribution in [0.2, 0.25) is 0 Å². The van der Waals surface area contributed by atoms with E-state index in [9.17, 15) is 0 Å². The smallest absolute Gasteiger partial charge is 0.0349 e. The molecule has 0 amide bonds. The molecule has 1 aliphatic heterocycles. The Bertz CT molecular complexity index is 554. The van der Waals surface area contributed by atoms with E-state index in [1.807, 2.05) is 11.3 Å². The minimum Gasteiger partial charge on any atom is -0.309 e. The van der Waals surface area contributed by atoms with E-state index in [2.05, 4.69) is 62.5 Å². The van der Waals surface area contributed by atoms with Crippen LogP contribution in [0.5, 0.6) is 0 Å². The highest BCUT2D eigenvalue weighted by atomic mass is 32.1. The number of rotatable bonds is 1. The summed E-state index contributed by atoms with van der Waals surface area (Å²) in [4.78, 5) is 2.94. The monoisotopic (exact) mass is 257 g/mol. The van der Waals surface area contributed by atoms with Crippen molar-refractivity contribution in [3.63, 3.8) is 0 Å². The van der Waals surface area contributed by atoms with Crippen LogP contribution in [-0.2, 0) is 5.41 Å². The Kier molecular flexibility index (Phi) is 2.80. The second-order valence-corrected chi connectivity index (χ2v) is 6.80. The minimum absolute atomic E-state index is 0.250. The third kappa shape index (κ3) is 1.90. The summed E-state index contributed by atoms with van der Waals surface area (Å²) in [7, 11) is 0. The number of nitrogens with one attached hydrogen (secondary N) is 1. The molecule has 0 radical (unpaired) electrons. The van der Waals surface area contributed by atoms with Gasteiger partial charge in [-0.25, -0.2) is 0 Å². The fourth-order valence-corrected chi connectivity index (χ4v) is 3.96. The van der Waals surface area contributed by atoms with E-state index in [-0.39, 0.29) is 5.41 Å². The van der Waals surface area contributed by atoms with E-state index >= 15 is 0 Å². The van der Waals surface area contributed by atoms with Gasteiger partial charge in [-0.3, -0.25) is 0 Å². The molecule has 1 unspecified atom stereocenters. The lowest BCUT2D eigenvalue weighted by molar-refractivity contribution is 0.404. The van der Waals surface area contributed by atoms with Gasteiger partial charge >= 0.3 is 0 Å². The SMILES string of the molecule is CC1NCC(C)(C)c2sc(-c3ccccc3)cc21. The number of hydrogen-bond donors (Lipinski definition) is 1. The Morgan fingerprint density at radius 2 is 1.94 bits per heavy atom. The highest BCUT2D eigenvalue weighted by molar-refractivity contribution is 7.15. The third-order valence-corrected chi connectivity index (χ3v) is 5.32. The Labute approximate surface area is 113 Å². The molecule has 1 atom stereocenters. The average molecular weight is 257 g/mol. The van der Waals surface area contributed by atoms with Gasteiger partial charge in [-0.05, 0) is 24.1 Å². The Morgan fingerprint density at radius 1 is 1.22 bits per heavy atom. The average Bonchev–Trinajstić information content (AvgIpc) is 2.82. The quantitative estimate of drug-likeness (QED) is 0.800. The van der Waals surface area contributed by atoms with Crippen LogP contribution in [-0.4, -0.2) is 6.54 Å². The summed E-state index contributed by atoms with van der Waals surface area (Å²) in [6.45, 7) is 7.98. The van der Waals surface area contributed by atoms with E-state index in [0.29, 0.717) is 6.04 Å². The Morgan fingerprint density at radius 3 is 2.61 bits per heavy atom. The molecule has 2 heterocycles. The molecule has 2 aromatic rings. The lowest BCUT2D eigenvalue weighted by Gasteiger charge is -2.33. The van der Waals surface area contributed by atoms with E-state index < -0.39 is 0 Å². The van der Waals surface area contributed by atoms with E-state index in [1.54, 1.807) is 4.88 Å². The van der Waals surface area contributed by atoms with Crippen LogP contribution in [0.25, 0.3) is 10.4 Å². The second kappa shape index (κ2) is 4.22. The van der Waals surface area contributed by atoms with Crippen LogP contribution in [0.3, 0.4) is 0 Å². The lowest BCUT2D eigenvalue weighted by Crippen LogP contribution is -2.39. The topological polar surface area (TPSA) is 12.0 Å². The molecule has 0 bridgehead atoms. The summed E-state index contributed by atoms with van der Waals surface area (Å²) in [5.74, 6) is 0. The molecular weight excluding hydrogens is 238 g/mol. The fourth-order valence-electron chi connectivity index (χ4n) is 2.60. The van der Waals surface area contributed by atoms with Crippen molar-refractivity contribution in [2.75, 3.05) is 6.54 Å². The Balaban J connectivity index is 2.11. The number of benzene rings is 1. The molecular formula is C16H19NS. The molecule has 0 spiro atoms. The molecule has 1 aliphatic rings. The van der Waals surface area contributed by atoms with Crippen LogP contribution in [0.4, 0.5) is 0 Å². The Hall–Kier alpha value is -1.12. The summed E-state index contributed by atoms with van der Waals surface area (Å²) in [6, 6.07) is 13.5. The third-order valence-electron chi connectivity index (χ3n) is 3.75. The molecule has 1 aromatic heterocycles. The summed E-state index contributed by atoms with van der Waals surface area (Å²) < 4.78 is 0. The maximum atomic E-state index is 3.60. The van der Waals surface area contributed by atoms with Crippen LogP contribution in [0.15, 0.2) is 36.4 Å². The van der Waals surface area contributed by atoms with E-state index in [0.717, 1.165) is 6.54 Å². The predicted octanol–water partition coefficient (Wildman–Crippen LogP) is 4.36. The fraction of sp³-hybridized carbons (Fsp3) is 0.375. The first-order chi connectivity index (χ1) is 8.58. The molecule has 2 heteroatoms. The van der Waals surface area contributed by atoms with Crippen molar-refractivity contribution < 1.29 is 0 Å². The van der Waals surface area contributed by atoms with Gasteiger partial charge in [-0.15, -0.1) is 11.3 Å². The first-order valence-electron chi connectivity index (χ1n) is 6.51. The molecule has 3 rings (SSSR count). The van der Waals surface area contributed by atoms with Crippen molar-refractivity contribution in [1.82, 2.24) is 5.32 Å². The molecule has 0 fully saturated rings. The summed E-state index contributed by atoms with van der Waals surface area (Å²) in [5, 5.41) is 3.60. The van der Waals surface area contributed by atoms with Crippen molar-refractivity contribution >= 4 is 11.3 Å². The zero-order valence-electron chi connectivity index (χ0n) is 11.2. The van der Waals surface area contributed by atoms with E-state index in [4.69, 9.17) is 0 Å². The maximum Gasteiger partial charge on any atom is 0.0349 e. The molecule has 0 aliphatic carbocycles. The zero-order valence-corrected chi connectivity index (χ0v) is 12.0. The van der Waals surface area contributed by atoms with Gasteiger partial charge in [0.1, 0.15) is 0 Å². The van der Waals surface area contributed by atoms with Crippen molar-refractivity contribution in [3.05, 3.63) is 46.8 Å². The van der Waals surface area contributed by atoms with Crippen molar-refractivity contribution in [2.45, 2.75) is 32.2 Å². The van der Waals surface area contributed by atoms with Gasteiger partial charge in [0.15, 0.2) is 0 Å². The minimum atomic E-state index is 0.250. The standard InChI is InChI=1S/C16H19NS/c1-11-13-9-14(12-7-5-4-6-8-12)18-15(13)16(2,3)10-17-11/h4-9,11,17H,10H2,1-3H3. The van der Waals surface area contributed by atoms with Crippen molar-refractivity contribution in [3.8, 4) is 10.4 Å². The first kappa shape index (κ1) is 11.9. The summed E-state index contributed by atoms with van der Waals surface area (Å²) >= 11 is 1.96. The highest BCUT2D eigenvalue weighted by Crippen LogP contribution is 2.43. The molecule has 94 valence electrons. The van der Waals surface area contributed by atoms with E-state index in [1.165, 1.54) is 16.0 Å². The molecule has 1 N–H and O–H groups in total. The molecule has 18 heavy (non-hydrogen) atoms. The number of fused-ring (bicyclic) bond motifs is 1. The van der Waals surface area contributed by atoms with Gasteiger partial charge in [0.25, 0.3) is 0 Å². The van der Waals surface area contributed by atoms with Crippen LogP contribution < -0.4 is 5.32 Å². The van der Waals surface area contributed by atoms with Gasteiger partial charge < -0.3 is 5.32 Å². The van der Waals surface area contributed by atoms with Crippen molar-refractivity contribution in [1.29, 1.82) is 0 Å². The number of hydrogen-bond acceptors (Lipinski definition) is 2. The van der Waals surface area contributed by atoms with Crippen molar-refractivity contribution in [2.24, 2.45) is 0 Å². The zero-order chi connectivity index (χ0) is 12.8. The van der Waals surface area contributed by atoms with Gasteiger partial charge in [-0.2, -0.15) is 0 Å². The van der Waals surface area contributed by atoms with Crippen LogP contribution >= 0.6 is 11.3 Å². The van der Waals surface area contributed by atoms with Crippen LogP contribution in [0, 0.1) is 0 Å². The largest absolute Gasteiger partial charge is 0.309 e. The second-order valence-electron chi connectivity index (χ2n) is 5.75. The normalized spacial score (nSPS) is 21.6. The first-order valence-corrected chi connectivity index (χ1v) is 7.32. The van der Waals surface area contributed by atoms with Gasteiger partial charge in [0.2, 0.25) is 0 Å². The van der Waals surface area contributed by atoms with Gasteiger partial charge in [0, 0.05) is 27.8 Å².